The van der Waals surface area contributed by atoms with Crippen molar-refractivity contribution in [2.24, 2.45) is 0 Å². The summed E-state index contributed by atoms with van der Waals surface area (Å²) in [6.07, 6.45) is -3.95. The fraction of sp³-hybridized carbons (Fsp3) is 1.00. The summed E-state index contributed by atoms with van der Waals surface area (Å²) >= 11 is 0. The molecule has 0 fully saturated rings. The van der Waals surface area contributed by atoms with Crippen LogP contribution in [-0.2, 0) is 0 Å². The second-order valence-electron chi connectivity index (χ2n) is 1.83. The molecule has 0 saturated heterocycles. The van der Waals surface area contributed by atoms with Crippen molar-refractivity contribution in [2.75, 3.05) is 0 Å². The summed E-state index contributed by atoms with van der Waals surface area (Å²) in [6.45, 7) is 1.03. The van der Waals surface area contributed by atoms with Crippen molar-refractivity contribution in [3.63, 3.8) is 0 Å². The van der Waals surface area contributed by atoms with E-state index >= 15 is 0 Å². The van der Waals surface area contributed by atoms with E-state index in [2.05, 4.69) is 0 Å². The first-order valence-corrected chi connectivity index (χ1v) is 2.38. The lowest BCUT2D eigenvalue weighted by Crippen LogP contribution is -2.50. The molecule has 0 aromatic carbocycles. The molecule has 0 aliphatic rings. The second-order valence-corrected chi connectivity index (χ2v) is 1.83. The number of aliphatic hydroxyl groups is 5. The van der Waals surface area contributed by atoms with E-state index in [1.54, 1.807) is 0 Å². The third-order valence-corrected chi connectivity index (χ3v) is 0.995. The first-order chi connectivity index (χ1) is 3.89. The van der Waals surface area contributed by atoms with Crippen LogP contribution in [0.3, 0.4) is 0 Å². The highest BCUT2D eigenvalue weighted by Crippen LogP contribution is 2.08. The van der Waals surface area contributed by atoms with Crippen LogP contribution in [-0.4, -0.2) is 43.7 Å². The molecule has 0 saturated carbocycles. The van der Waals surface area contributed by atoms with Gasteiger partial charge in [-0.25, -0.2) is 0 Å². The smallest absolute Gasteiger partial charge is 0.241 e. The van der Waals surface area contributed by atoms with Gasteiger partial charge in [0.05, 0.1) is 0 Å². The number of aliphatic hydroxyl groups excluding tert-OH is 2. The Balaban J connectivity index is 4.01. The van der Waals surface area contributed by atoms with Crippen LogP contribution in [0, 0.1) is 0 Å². The molecule has 5 heteroatoms. The minimum absolute atomic E-state index is 1.03. The number of rotatable bonds is 2. The SMILES string of the molecule is CC(O)C(O)(O)C(O)O. The highest BCUT2D eigenvalue weighted by Gasteiger charge is 2.37. The first kappa shape index (κ1) is 8.80. The molecule has 0 bridgehead atoms. The zero-order chi connectivity index (χ0) is 7.65. The van der Waals surface area contributed by atoms with Crippen molar-refractivity contribution in [3.05, 3.63) is 0 Å². The molecule has 0 aliphatic heterocycles. The molecule has 0 aromatic rings. The Labute approximate surface area is 51.8 Å². The Kier molecular flexibility index (Phi) is 2.53. The molecule has 5 N–H and O–H groups in total. The normalized spacial score (nSPS) is 16.3. The fourth-order valence-electron chi connectivity index (χ4n) is 0.216. The Bertz CT molecular complexity index is 77.0. The summed E-state index contributed by atoms with van der Waals surface area (Å²) in [5.74, 6) is -2.83. The minimum atomic E-state index is -2.83. The molecule has 56 valence electrons. The van der Waals surface area contributed by atoms with Gasteiger partial charge < -0.3 is 25.5 Å². The predicted octanol–water partition coefficient (Wildman–Crippen LogP) is -2.64. The number of hydrogen-bond acceptors (Lipinski definition) is 5. The van der Waals surface area contributed by atoms with Crippen LogP contribution in [0.2, 0.25) is 0 Å². The average Bonchev–Trinajstić information content (AvgIpc) is 1.65. The minimum Gasteiger partial charge on any atom is -0.388 e. The molecule has 0 amide bonds. The standard InChI is InChI=1S/C4H10O5/c1-2(5)4(8,9)3(6)7/h2-3,5-9H,1H3. The van der Waals surface area contributed by atoms with Crippen molar-refractivity contribution >= 4 is 0 Å². The van der Waals surface area contributed by atoms with Gasteiger partial charge in [0.15, 0.2) is 0 Å². The zero-order valence-electron chi connectivity index (χ0n) is 4.89. The summed E-state index contributed by atoms with van der Waals surface area (Å²) < 4.78 is 0. The van der Waals surface area contributed by atoms with Gasteiger partial charge in [-0.05, 0) is 6.92 Å². The van der Waals surface area contributed by atoms with Crippen LogP contribution in [0.5, 0.6) is 0 Å². The fourth-order valence-corrected chi connectivity index (χ4v) is 0.216. The van der Waals surface area contributed by atoms with E-state index in [0.717, 1.165) is 6.92 Å². The second kappa shape index (κ2) is 2.59. The van der Waals surface area contributed by atoms with Gasteiger partial charge in [-0.15, -0.1) is 0 Å². The molecule has 1 atom stereocenters. The quantitative estimate of drug-likeness (QED) is 0.268. The molecular weight excluding hydrogens is 128 g/mol. The van der Waals surface area contributed by atoms with E-state index in [9.17, 15) is 0 Å². The van der Waals surface area contributed by atoms with E-state index in [1.807, 2.05) is 0 Å². The van der Waals surface area contributed by atoms with Crippen LogP contribution in [0.25, 0.3) is 0 Å². The monoisotopic (exact) mass is 138 g/mol. The lowest BCUT2D eigenvalue weighted by molar-refractivity contribution is -0.322. The maximum absolute atomic E-state index is 8.47. The van der Waals surface area contributed by atoms with Crippen molar-refractivity contribution in [1.82, 2.24) is 0 Å². The molecule has 0 heterocycles. The molecule has 1 unspecified atom stereocenters. The maximum atomic E-state index is 8.47. The van der Waals surface area contributed by atoms with Gasteiger partial charge in [-0.2, -0.15) is 0 Å². The molecule has 0 radical (unpaired) electrons. The Morgan fingerprint density at radius 3 is 1.44 bits per heavy atom. The highest BCUT2D eigenvalue weighted by molar-refractivity contribution is 4.72. The average molecular weight is 138 g/mol. The molecule has 9 heavy (non-hydrogen) atoms. The molecule has 0 spiro atoms. The van der Waals surface area contributed by atoms with Crippen molar-refractivity contribution in [1.29, 1.82) is 0 Å². The van der Waals surface area contributed by atoms with E-state index in [-0.39, 0.29) is 0 Å². The van der Waals surface area contributed by atoms with Gasteiger partial charge in [-0.3, -0.25) is 0 Å². The molecule has 0 rings (SSSR count). The lowest BCUT2D eigenvalue weighted by atomic mass is 10.1. The van der Waals surface area contributed by atoms with Crippen molar-refractivity contribution in [2.45, 2.75) is 25.1 Å². The largest absolute Gasteiger partial charge is 0.388 e. The molecule has 0 aromatic heterocycles. The van der Waals surface area contributed by atoms with Gasteiger partial charge in [0.25, 0.3) is 0 Å². The van der Waals surface area contributed by atoms with E-state index < -0.39 is 18.2 Å². The Morgan fingerprint density at radius 2 is 1.44 bits per heavy atom. The topological polar surface area (TPSA) is 101 Å². The summed E-state index contributed by atoms with van der Waals surface area (Å²) in [7, 11) is 0. The molecular formula is C4H10O5. The predicted molar refractivity (Wildman–Crippen MR) is 27.1 cm³/mol. The van der Waals surface area contributed by atoms with E-state index in [1.165, 1.54) is 0 Å². The highest BCUT2D eigenvalue weighted by atomic mass is 16.6. The summed E-state index contributed by atoms with van der Waals surface area (Å²) in [5.41, 5.74) is 0. The first-order valence-electron chi connectivity index (χ1n) is 2.38. The van der Waals surface area contributed by atoms with Gasteiger partial charge in [-0.1, -0.05) is 0 Å². The Hall–Kier alpha value is -0.200. The number of hydrogen-bond donors (Lipinski definition) is 5. The van der Waals surface area contributed by atoms with Crippen molar-refractivity contribution < 1.29 is 25.5 Å². The van der Waals surface area contributed by atoms with E-state index in [0.29, 0.717) is 0 Å². The lowest BCUT2D eigenvalue weighted by Gasteiger charge is -2.25. The molecule has 5 nitrogen and oxygen atoms in total. The Morgan fingerprint density at radius 1 is 1.11 bits per heavy atom. The van der Waals surface area contributed by atoms with Gasteiger partial charge >= 0.3 is 0 Å². The molecule has 0 aliphatic carbocycles. The zero-order valence-corrected chi connectivity index (χ0v) is 4.89. The van der Waals surface area contributed by atoms with Crippen LogP contribution < -0.4 is 0 Å². The van der Waals surface area contributed by atoms with Crippen LogP contribution in [0.4, 0.5) is 0 Å². The summed E-state index contributed by atoms with van der Waals surface area (Å²) in [6, 6.07) is 0. The van der Waals surface area contributed by atoms with Gasteiger partial charge in [0.2, 0.25) is 12.1 Å². The van der Waals surface area contributed by atoms with Crippen LogP contribution in [0.1, 0.15) is 6.92 Å². The van der Waals surface area contributed by atoms with Crippen LogP contribution in [0.15, 0.2) is 0 Å². The maximum Gasteiger partial charge on any atom is 0.241 e. The summed E-state index contributed by atoms with van der Waals surface area (Å²) in [4.78, 5) is 0. The van der Waals surface area contributed by atoms with Gasteiger partial charge in [0, 0.05) is 0 Å². The van der Waals surface area contributed by atoms with Crippen LogP contribution >= 0.6 is 0 Å². The van der Waals surface area contributed by atoms with E-state index in [4.69, 9.17) is 25.5 Å². The third kappa shape index (κ3) is 1.88. The van der Waals surface area contributed by atoms with Gasteiger partial charge in [0.1, 0.15) is 6.10 Å². The third-order valence-electron chi connectivity index (χ3n) is 0.995. The summed E-state index contributed by atoms with van der Waals surface area (Å²) in [5, 5.41) is 41.7. The van der Waals surface area contributed by atoms with Crippen molar-refractivity contribution in [3.8, 4) is 0 Å².